The molecular formula is C30H26N4O9. The van der Waals surface area contributed by atoms with Crippen LogP contribution < -0.4 is 21.9 Å². The molecule has 1 spiro atoms. The van der Waals surface area contributed by atoms with Crippen LogP contribution in [0, 0.1) is 12.3 Å². The van der Waals surface area contributed by atoms with E-state index in [4.69, 9.17) is 15.9 Å². The summed E-state index contributed by atoms with van der Waals surface area (Å²) in [6.07, 6.45) is 2.65. The predicted octanol–water partition coefficient (Wildman–Crippen LogP) is -0.671. The number of nitrogens with zero attached hydrogens (tertiary/aromatic N) is 2. The molecule has 3 aromatic rings. The highest BCUT2D eigenvalue weighted by atomic mass is 16.6. The van der Waals surface area contributed by atoms with Gasteiger partial charge in [0.1, 0.15) is 24.4 Å². The van der Waals surface area contributed by atoms with Crippen LogP contribution in [-0.2, 0) is 30.1 Å². The molecule has 0 radical (unpaired) electrons. The van der Waals surface area contributed by atoms with Crippen LogP contribution in [-0.4, -0.2) is 69.1 Å². The van der Waals surface area contributed by atoms with Crippen molar-refractivity contribution in [3.63, 3.8) is 0 Å². The lowest BCUT2D eigenvalue weighted by atomic mass is 9.77. The number of carbonyl (C=O) groups is 3. The number of hydrogen-bond donors (Lipinski definition) is 4. The average molecular weight is 587 g/mol. The van der Waals surface area contributed by atoms with Gasteiger partial charge in [0.05, 0.1) is 19.3 Å². The van der Waals surface area contributed by atoms with Gasteiger partial charge in [0.15, 0.2) is 0 Å². The van der Waals surface area contributed by atoms with Gasteiger partial charge >= 0.3 is 11.8 Å². The first kappa shape index (κ1) is 28.1. The van der Waals surface area contributed by atoms with Gasteiger partial charge < -0.3 is 30.3 Å². The van der Waals surface area contributed by atoms with Crippen LogP contribution in [0.15, 0.2) is 70.4 Å². The summed E-state index contributed by atoms with van der Waals surface area (Å²) in [5.74, 6) is 0.210. The minimum Gasteiger partial charge on any atom is -0.448 e. The van der Waals surface area contributed by atoms with Crippen LogP contribution in [0.5, 0.6) is 0 Å². The summed E-state index contributed by atoms with van der Waals surface area (Å²) < 4.78 is 12.4. The third kappa shape index (κ3) is 4.10. The van der Waals surface area contributed by atoms with Crippen LogP contribution >= 0.6 is 0 Å². The summed E-state index contributed by atoms with van der Waals surface area (Å²) in [5.41, 5.74) is -4.28. The highest BCUT2D eigenvalue weighted by molar-refractivity contribution is 6.04. The van der Waals surface area contributed by atoms with Gasteiger partial charge in [0.25, 0.3) is 5.56 Å². The zero-order chi connectivity index (χ0) is 30.5. The van der Waals surface area contributed by atoms with Gasteiger partial charge in [-0.3, -0.25) is 19.0 Å². The molecule has 1 aliphatic carbocycles. The molecule has 3 aliphatic rings. The number of hydrogen-bond acceptors (Lipinski definition) is 9. The lowest BCUT2D eigenvalue weighted by Gasteiger charge is -2.37. The number of terminal acetylenes is 1. The van der Waals surface area contributed by atoms with E-state index >= 15 is 0 Å². The first-order chi connectivity index (χ1) is 20.7. The predicted molar refractivity (Wildman–Crippen MR) is 149 cm³/mol. The van der Waals surface area contributed by atoms with E-state index in [1.807, 2.05) is 0 Å². The van der Waals surface area contributed by atoms with Gasteiger partial charge in [-0.25, -0.2) is 14.2 Å². The van der Waals surface area contributed by atoms with Crippen molar-refractivity contribution in [2.45, 2.75) is 35.9 Å². The van der Waals surface area contributed by atoms with Crippen molar-refractivity contribution in [2.24, 2.45) is 0 Å². The molecule has 2 saturated heterocycles. The fraction of sp³-hybridized carbons (Fsp3) is 0.300. The molecular weight excluding hydrogens is 560 g/mol. The number of benzene rings is 2. The number of amides is 2. The molecule has 4 atom stereocenters. The largest absolute Gasteiger partial charge is 0.448 e. The van der Waals surface area contributed by atoms with Gasteiger partial charge in [-0.2, -0.15) is 0 Å². The third-order valence-corrected chi connectivity index (χ3v) is 8.21. The fourth-order valence-corrected chi connectivity index (χ4v) is 6.07. The number of rotatable bonds is 3. The maximum Gasteiger partial charge on any atom is 0.407 e. The molecule has 13 heteroatoms. The van der Waals surface area contributed by atoms with E-state index in [1.165, 1.54) is 0 Å². The summed E-state index contributed by atoms with van der Waals surface area (Å²) in [4.78, 5) is 68.4. The molecule has 0 saturated carbocycles. The smallest absolute Gasteiger partial charge is 0.407 e. The molecule has 2 fully saturated rings. The molecule has 13 nitrogen and oxygen atoms in total. The number of Topliss-reactive ketones (excluding diaryl/α,β-unsaturated/α-hetero) is 1. The van der Waals surface area contributed by atoms with Gasteiger partial charge in [-0.05, 0) is 28.2 Å². The molecule has 3 heterocycles. The zero-order valence-electron chi connectivity index (χ0n) is 22.6. The summed E-state index contributed by atoms with van der Waals surface area (Å²) in [6, 6.07) is 14.9. The van der Waals surface area contributed by atoms with E-state index in [-0.39, 0.29) is 6.42 Å². The Morgan fingerprint density at radius 2 is 1.65 bits per heavy atom. The SMILES string of the molecule is C#CC1(n2c(=O)ccn([C@H]3C[C@H](O)[C@@H](CO)O3)c2=O)NC(=O)C2(COC(=O)NCC1=O)c1ccccc1-c1ccccc12. The Morgan fingerprint density at radius 3 is 2.26 bits per heavy atom. The second kappa shape index (κ2) is 10.4. The van der Waals surface area contributed by atoms with Crippen LogP contribution in [0.3, 0.4) is 0 Å². The lowest BCUT2D eigenvalue weighted by Crippen LogP contribution is -2.68. The third-order valence-electron chi connectivity index (χ3n) is 8.21. The Kier molecular flexibility index (Phi) is 6.77. The minimum absolute atomic E-state index is 0.114. The van der Waals surface area contributed by atoms with E-state index in [1.54, 1.807) is 48.5 Å². The standard InChI is InChI=1S/C30H26N4O9/c1-2-30(34-24(38)11-12-33(28(34)41)25-13-21(36)22(15-35)43-25)23(37)14-31-27(40)42-16-29(26(39)32-30)19-9-5-3-7-17(19)18-8-4-6-10-20(18)29/h1,3-12,21-22,25,35-36H,13-16H2,(H,31,40)(H,32,39)/t21-,22+,25+,30?/m0/s1. The van der Waals surface area contributed by atoms with Crippen molar-refractivity contribution in [2.75, 3.05) is 19.8 Å². The topological polar surface area (TPSA) is 178 Å². The summed E-state index contributed by atoms with van der Waals surface area (Å²) in [6.45, 7) is -1.81. The number of ether oxygens (including phenoxy) is 2. The van der Waals surface area contributed by atoms with Crippen LogP contribution in [0.1, 0.15) is 23.8 Å². The molecule has 1 unspecified atom stereocenters. The number of aliphatic hydroxyl groups is 2. The van der Waals surface area contributed by atoms with Gasteiger partial charge in [0.2, 0.25) is 17.4 Å². The quantitative estimate of drug-likeness (QED) is 0.290. The second-order valence-electron chi connectivity index (χ2n) is 10.5. The molecule has 1 aromatic heterocycles. The Labute approximate surface area is 243 Å². The Bertz CT molecular complexity index is 1780. The number of ketones is 1. The fourth-order valence-electron chi connectivity index (χ4n) is 6.07. The number of cyclic esters (lactones) is 1. The first-order valence-electron chi connectivity index (χ1n) is 13.4. The molecule has 6 rings (SSSR count). The Morgan fingerprint density at radius 1 is 1.00 bits per heavy atom. The molecule has 43 heavy (non-hydrogen) atoms. The Balaban J connectivity index is 1.56. The van der Waals surface area contributed by atoms with E-state index in [9.17, 15) is 34.2 Å². The van der Waals surface area contributed by atoms with Crippen molar-refractivity contribution < 1.29 is 34.1 Å². The number of alkyl carbamates (subject to hydrolysis) is 1. The minimum atomic E-state index is -2.70. The average Bonchev–Trinajstić information content (AvgIpc) is 3.53. The molecule has 2 aromatic carbocycles. The zero-order valence-corrected chi connectivity index (χ0v) is 22.6. The Hall–Kier alpha value is -5.03. The maximum atomic E-state index is 14.6. The van der Waals surface area contributed by atoms with Gasteiger partial charge in [-0.15, -0.1) is 6.42 Å². The summed E-state index contributed by atoms with van der Waals surface area (Å²) in [7, 11) is 0. The molecule has 4 N–H and O–H groups in total. The van der Waals surface area contributed by atoms with E-state index in [0.717, 1.165) is 16.8 Å². The van der Waals surface area contributed by atoms with Gasteiger partial charge in [0, 0.05) is 18.7 Å². The molecule has 0 bridgehead atoms. The number of fused-ring (bicyclic) bond motifs is 5. The van der Waals surface area contributed by atoms with Crippen molar-refractivity contribution in [1.29, 1.82) is 0 Å². The lowest BCUT2D eigenvalue weighted by molar-refractivity contribution is -0.136. The van der Waals surface area contributed by atoms with Crippen molar-refractivity contribution in [3.8, 4) is 23.5 Å². The van der Waals surface area contributed by atoms with Crippen LogP contribution in [0.2, 0.25) is 0 Å². The first-order valence-corrected chi connectivity index (χ1v) is 13.4. The van der Waals surface area contributed by atoms with Gasteiger partial charge in [-0.1, -0.05) is 48.5 Å². The summed E-state index contributed by atoms with van der Waals surface area (Å²) >= 11 is 0. The molecule has 220 valence electrons. The number of aliphatic hydroxyl groups excluding tert-OH is 2. The van der Waals surface area contributed by atoms with E-state index in [2.05, 4.69) is 16.6 Å². The van der Waals surface area contributed by atoms with Crippen molar-refractivity contribution in [3.05, 3.63) is 92.8 Å². The number of nitrogens with one attached hydrogen (secondary N) is 2. The van der Waals surface area contributed by atoms with Crippen molar-refractivity contribution in [1.82, 2.24) is 19.8 Å². The van der Waals surface area contributed by atoms with Crippen molar-refractivity contribution >= 4 is 17.8 Å². The number of carbonyl (C=O) groups excluding carboxylic acids is 3. The van der Waals surface area contributed by atoms with Crippen LogP contribution in [0.4, 0.5) is 4.79 Å². The molecule has 2 aliphatic heterocycles. The van der Waals surface area contributed by atoms with Crippen LogP contribution in [0.25, 0.3) is 11.1 Å². The highest BCUT2D eigenvalue weighted by Crippen LogP contribution is 2.49. The monoisotopic (exact) mass is 586 g/mol. The van der Waals surface area contributed by atoms with E-state index < -0.39 is 78.3 Å². The molecule has 2 amide bonds. The summed E-state index contributed by atoms with van der Waals surface area (Å²) in [5, 5.41) is 24.5. The highest BCUT2D eigenvalue weighted by Gasteiger charge is 2.55. The normalized spacial score (nSPS) is 26.1. The maximum absolute atomic E-state index is 14.6. The van der Waals surface area contributed by atoms with E-state index in [0.29, 0.717) is 26.8 Å². The number of aromatic nitrogens is 2. The second-order valence-corrected chi connectivity index (χ2v) is 10.5.